The normalized spacial score (nSPS) is 21.9. The number of fused-ring (bicyclic) bond motifs is 1. The molecule has 0 aromatic carbocycles. The van der Waals surface area contributed by atoms with Crippen LogP contribution in [0.25, 0.3) is 0 Å². The number of amides is 2. The first kappa shape index (κ1) is 23.0. The Bertz CT molecular complexity index is 779. The number of ether oxygens (including phenoxy) is 1. The zero-order chi connectivity index (χ0) is 18.9. The number of aliphatic carboxylic acids is 1. The van der Waals surface area contributed by atoms with Gasteiger partial charge in [0, 0.05) is 24.5 Å². The molecule has 0 aromatic rings. The van der Waals surface area contributed by atoms with Crippen molar-refractivity contribution in [3.63, 3.8) is 0 Å². The van der Waals surface area contributed by atoms with Crippen LogP contribution in [0.3, 0.4) is 0 Å². The molecular weight excluding hydrogens is 399 g/mol. The van der Waals surface area contributed by atoms with Crippen LogP contribution in [0.4, 0.5) is 0 Å². The Hall–Kier alpha value is -1.08. The van der Waals surface area contributed by atoms with Crippen LogP contribution in [0, 0.1) is 0 Å². The molecule has 10 nitrogen and oxygen atoms in total. The maximum atomic E-state index is 12.2. The van der Waals surface area contributed by atoms with Crippen molar-refractivity contribution in [1.82, 2.24) is 10.2 Å². The van der Waals surface area contributed by atoms with E-state index in [0.29, 0.717) is 0 Å². The molecule has 1 N–H and O–H groups in total. The van der Waals surface area contributed by atoms with Gasteiger partial charge in [0.25, 0.3) is 5.91 Å². The van der Waals surface area contributed by atoms with Crippen LogP contribution in [0.1, 0.15) is 6.92 Å². The summed E-state index contributed by atoms with van der Waals surface area (Å²) in [7, 11) is -3.55. The number of sulfone groups is 1. The number of esters is 1. The van der Waals surface area contributed by atoms with Crippen LogP contribution in [0.5, 0.6) is 0 Å². The van der Waals surface area contributed by atoms with E-state index in [2.05, 4.69) is 5.32 Å². The van der Waals surface area contributed by atoms with Gasteiger partial charge in [-0.3, -0.25) is 19.3 Å². The number of hydrogen-bond donors (Lipinski definition) is 1. The summed E-state index contributed by atoms with van der Waals surface area (Å²) < 4.78 is 27.0. The van der Waals surface area contributed by atoms with Crippen molar-refractivity contribution in [2.24, 2.45) is 0 Å². The number of carbonyl (C=O) groups excluding carboxylic acids is 4. The Balaban J connectivity index is 0.00000338. The minimum Gasteiger partial charge on any atom is -0.543 e. The van der Waals surface area contributed by atoms with Crippen molar-refractivity contribution in [3.05, 3.63) is 11.3 Å². The number of nitrogens with one attached hydrogen (secondary N) is 1. The van der Waals surface area contributed by atoms with Crippen molar-refractivity contribution in [1.29, 1.82) is 0 Å². The fraction of sp³-hybridized carbons (Fsp3) is 0.538. The van der Waals surface area contributed by atoms with E-state index in [4.69, 9.17) is 4.74 Å². The molecule has 2 aliphatic heterocycles. The van der Waals surface area contributed by atoms with E-state index in [9.17, 15) is 32.7 Å². The van der Waals surface area contributed by atoms with Crippen molar-refractivity contribution in [2.75, 3.05) is 24.4 Å². The Morgan fingerprint density at radius 2 is 2.00 bits per heavy atom. The minimum absolute atomic E-state index is 0. The van der Waals surface area contributed by atoms with Crippen LogP contribution >= 0.6 is 11.8 Å². The summed E-state index contributed by atoms with van der Waals surface area (Å²) in [5.74, 6) is -4.34. The van der Waals surface area contributed by atoms with Gasteiger partial charge in [-0.25, -0.2) is 8.42 Å². The second-order valence-corrected chi connectivity index (χ2v) is 8.79. The summed E-state index contributed by atoms with van der Waals surface area (Å²) in [6.07, 6.45) is 0.884. The van der Waals surface area contributed by atoms with Gasteiger partial charge in [0.15, 0.2) is 9.84 Å². The van der Waals surface area contributed by atoms with Gasteiger partial charge in [-0.2, -0.15) is 0 Å². The van der Waals surface area contributed by atoms with Gasteiger partial charge in [-0.05, 0) is 0 Å². The topological polar surface area (TPSA) is 150 Å². The molecule has 0 saturated carbocycles. The zero-order valence-corrected chi connectivity index (χ0v) is 17.9. The summed E-state index contributed by atoms with van der Waals surface area (Å²) in [4.78, 5) is 47.1. The second-order valence-electron chi connectivity index (χ2n) is 5.54. The van der Waals surface area contributed by atoms with Crippen molar-refractivity contribution < 1.29 is 67.0 Å². The standard InChI is InChI=1S/C13H16N2O8S2.Na/c1-6(16)23-3-7-4-24-12-9(14-8(17)5-25(2,21)22)11(18)15(12)10(7)13(19)20;/h9,12H,3-5H2,1-2H3,(H,14,17)(H,19,20);/q;+1/p-1/t9-,12-;/m1./s1. The van der Waals surface area contributed by atoms with Crippen molar-refractivity contribution in [3.8, 4) is 0 Å². The molecule has 0 spiro atoms. The number of carbonyl (C=O) groups is 4. The largest absolute Gasteiger partial charge is 1.00 e. The SMILES string of the molecule is CC(=O)OCC1=C(C(=O)[O-])N2C(=O)[C@@H](NC(=O)CS(C)(=O)=O)[C@H]2SC1.[Na+]. The molecule has 2 atom stereocenters. The Kier molecular flexibility index (Phi) is 7.72. The van der Waals surface area contributed by atoms with Gasteiger partial charge in [-0.1, -0.05) is 0 Å². The van der Waals surface area contributed by atoms with Gasteiger partial charge in [0.05, 0.1) is 11.7 Å². The van der Waals surface area contributed by atoms with Crippen LogP contribution in [0.2, 0.25) is 0 Å². The summed E-state index contributed by atoms with van der Waals surface area (Å²) >= 11 is 1.17. The molecule has 138 valence electrons. The van der Waals surface area contributed by atoms with E-state index < -0.39 is 50.8 Å². The summed E-state index contributed by atoms with van der Waals surface area (Å²) in [5, 5.41) is 13.0. The minimum atomic E-state index is -3.55. The number of rotatable bonds is 6. The molecule has 0 unspecified atom stereocenters. The molecule has 26 heavy (non-hydrogen) atoms. The Morgan fingerprint density at radius 1 is 1.38 bits per heavy atom. The van der Waals surface area contributed by atoms with Gasteiger partial charge < -0.3 is 20.0 Å². The first-order chi connectivity index (χ1) is 11.5. The average Bonchev–Trinajstić information content (AvgIpc) is 2.47. The third kappa shape index (κ3) is 5.22. The Labute approximate surface area is 175 Å². The Morgan fingerprint density at radius 3 is 2.50 bits per heavy atom. The molecule has 0 aliphatic carbocycles. The molecule has 2 amide bonds. The molecule has 0 bridgehead atoms. The third-order valence-corrected chi connectivity index (χ3v) is 5.53. The van der Waals surface area contributed by atoms with E-state index in [1.165, 1.54) is 18.7 Å². The maximum Gasteiger partial charge on any atom is 1.00 e. The van der Waals surface area contributed by atoms with Crippen molar-refractivity contribution >= 4 is 45.4 Å². The number of nitrogens with zero attached hydrogens (tertiary/aromatic N) is 1. The first-order valence-electron chi connectivity index (χ1n) is 6.99. The zero-order valence-electron chi connectivity index (χ0n) is 14.3. The molecule has 13 heteroatoms. The fourth-order valence-electron chi connectivity index (χ4n) is 2.42. The van der Waals surface area contributed by atoms with Gasteiger partial charge in [0.1, 0.15) is 23.8 Å². The van der Waals surface area contributed by atoms with E-state index in [1.807, 2.05) is 0 Å². The quantitative estimate of drug-likeness (QED) is 0.254. The second kappa shape index (κ2) is 8.74. The van der Waals surface area contributed by atoms with E-state index >= 15 is 0 Å². The van der Waals surface area contributed by atoms with Gasteiger partial charge >= 0.3 is 35.5 Å². The smallest absolute Gasteiger partial charge is 0.543 e. The van der Waals surface area contributed by atoms with Crippen LogP contribution in [-0.4, -0.2) is 72.9 Å². The first-order valence-corrected chi connectivity index (χ1v) is 10.1. The molecule has 2 heterocycles. The molecule has 1 fully saturated rings. The van der Waals surface area contributed by atoms with Crippen LogP contribution in [0.15, 0.2) is 11.3 Å². The molecule has 1 saturated heterocycles. The van der Waals surface area contributed by atoms with E-state index in [1.54, 1.807) is 0 Å². The predicted molar refractivity (Wildman–Crippen MR) is 83.4 cm³/mol. The summed E-state index contributed by atoms with van der Waals surface area (Å²) in [6.45, 7) is 0.882. The number of thioether (sulfide) groups is 1. The molecular formula is C13H15N2NaO8S2. The number of carboxylic acids is 1. The summed E-state index contributed by atoms with van der Waals surface area (Å²) in [6, 6.07) is -1.02. The fourth-order valence-corrected chi connectivity index (χ4v) is 4.31. The summed E-state index contributed by atoms with van der Waals surface area (Å²) in [5.41, 5.74) is -0.172. The maximum absolute atomic E-state index is 12.2. The average molecular weight is 414 g/mol. The number of β-lactam (4-membered cyclic amide) rings is 1. The third-order valence-electron chi connectivity index (χ3n) is 3.40. The molecule has 2 aliphatic rings. The predicted octanol–water partition coefficient (Wildman–Crippen LogP) is -6.00. The van der Waals surface area contributed by atoms with Crippen LogP contribution < -0.4 is 40.0 Å². The molecule has 0 radical (unpaired) electrons. The number of carboxylic acid groups (broad SMARTS) is 1. The van der Waals surface area contributed by atoms with E-state index in [-0.39, 0.29) is 53.2 Å². The number of hydrogen-bond acceptors (Lipinski definition) is 9. The van der Waals surface area contributed by atoms with Crippen LogP contribution in [-0.2, 0) is 33.8 Å². The van der Waals surface area contributed by atoms with Gasteiger partial charge in [-0.15, -0.1) is 11.8 Å². The van der Waals surface area contributed by atoms with E-state index in [0.717, 1.165) is 11.2 Å². The van der Waals surface area contributed by atoms with Gasteiger partial charge in [0.2, 0.25) is 5.91 Å². The molecule has 0 aromatic heterocycles. The monoisotopic (exact) mass is 414 g/mol. The van der Waals surface area contributed by atoms with Crippen molar-refractivity contribution in [2.45, 2.75) is 18.3 Å². The molecule has 2 rings (SSSR count).